The number of nitrogens with one attached hydrogen (secondary N) is 2. The summed E-state index contributed by atoms with van der Waals surface area (Å²) < 4.78 is 10.5. The van der Waals surface area contributed by atoms with Crippen molar-refractivity contribution in [2.24, 2.45) is 0 Å². The molecule has 0 unspecified atom stereocenters. The van der Waals surface area contributed by atoms with Crippen LogP contribution in [0.1, 0.15) is 39.1 Å². The molecule has 156 valence electrons. The highest BCUT2D eigenvalue weighted by Gasteiger charge is 2.20. The second-order valence-corrected chi connectivity index (χ2v) is 7.23. The van der Waals surface area contributed by atoms with Crippen molar-refractivity contribution < 1.29 is 23.9 Å². The number of carbonyl (C=O) groups is 3. The average Bonchev–Trinajstić information content (AvgIpc) is 3.47. The van der Waals surface area contributed by atoms with E-state index < -0.39 is 0 Å². The quantitative estimate of drug-likeness (QED) is 0.757. The van der Waals surface area contributed by atoms with E-state index in [9.17, 15) is 14.4 Å². The molecule has 0 aliphatic carbocycles. The van der Waals surface area contributed by atoms with E-state index in [1.165, 1.54) is 0 Å². The van der Waals surface area contributed by atoms with Crippen LogP contribution < -0.4 is 20.1 Å². The fourth-order valence-corrected chi connectivity index (χ4v) is 3.48. The molecule has 2 aliphatic heterocycles. The highest BCUT2D eigenvalue weighted by molar-refractivity contribution is 5.97. The van der Waals surface area contributed by atoms with Crippen molar-refractivity contribution in [1.82, 2.24) is 15.5 Å². The second kappa shape index (κ2) is 8.86. The summed E-state index contributed by atoms with van der Waals surface area (Å²) in [6, 6.07) is 12.1. The Bertz CT molecular complexity index is 969. The summed E-state index contributed by atoms with van der Waals surface area (Å²) >= 11 is 0. The third-order valence-corrected chi connectivity index (χ3v) is 5.10. The van der Waals surface area contributed by atoms with Gasteiger partial charge in [0.2, 0.25) is 12.7 Å². The highest BCUT2D eigenvalue weighted by Crippen LogP contribution is 2.32. The zero-order valence-corrected chi connectivity index (χ0v) is 16.5. The van der Waals surface area contributed by atoms with Crippen LogP contribution in [0.15, 0.2) is 42.5 Å². The van der Waals surface area contributed by atoms with Crippen molar-refractivity contribution in [3.8, 4) is 11.5 Å². The van der Waals surface area contributed by atoms with Crippen LogP contribution in [0.5, 0.6) is 11.5 Å². The van der Waals surface area contributed by atoms with E-state index in [1.54, 1.807) is 30.3 Å². The van der Waals surface area contributed by atoms with Crippen molar-refractivity contribution in [2.75, 3.05) is 26.4 Å². The lowest BCUT2D eigenvalue weighted by Crippen LogP contribution is -2.36. The average molecular weight is 409 g/mol. The van der Waals surface area contributed by atoms with Gasteiger partial charge in [-0.3, -0.25) is 14.4 Å². The minimum absolute atomic E-state index is 0.0247. The molecular weight excluding hydrogens is 386 g/mol. The van der Waals surface area contributed by atoms with Crippen molar-refractivity contribution in [3.63, 3.8) is 0 Å². The summed E-state index contributed by atoms with van der Waals surface area (Å²) in [5.41, 5.74) is 1.84. The predicted molar refractivity (Wildman–Crippen MR) is 108 cm³/mol. The Kier molecular flexibility index (Phi) is 5.83. The van der Waals surface area contributed by atoms with Crippen LogP contribution in [0.4, 0.5) is 0 Å². The lowest BCUT2D eigenvalue weighted by atomic mass is 10.1. The molecule has 0 bridgehead atoms. The van der Waals surface area contributed by atoms with Gasteiger partial charge < -0.3 is 25.0 Å². The summed E-state index contributed by atoms with van der Waals surface area (Å²) in [6.07, 6.45) is 2.08. The Morgan fingerprint density at radius 2 is 1.70 bits per heavy atom. The third kappa shape index (κ3) is 4.53. The van der Waals surface area contributed by atoms with Crippen LogP contribution in [0.25, 0.3) is 0 Å². The smallest absolute Gasteiger partial charge is 0.253 e. The number of fused-ring (bicyclic) bond motifs is 1. The first-order valence-electron chi connectivity index (χ1n) is 9.93. The molecule has 8 nitrogen and oxygen atoms in total. The molecule has 2 aromatic carbocycles. The van der Waals surface area contributed by atoms with E-state index in [2.05, 4.69) is 10.6 Å². The molecule has 2 N–H and O–H groups in total. The fourth-order valence-electron chi connectivity index (χ4n) is 3.48. The van der Waals surface area contributed by atoms with Gasteiger partial charge in [-0.1, -0.05) is 12.1 Å². The molecule has 0 spiro atoms. The van der Waals surface area contributed by atoms with Crippen LogP contribution >= 0.6 is 0 Å². The number of amides is 3. The van der Waals surface area contributed by atoms with E-state index in [-0.39, 0.29) is 37.6 Å². The number of benzene rings is 2. The monoisotopic (exact) mass is 409 g/mol. The summed E-state index contributed by atoms with van der Waals surface area (Å²) in [6.45, 7) is 1.85. The molecule has 3 amide bonds. The van der Waals surface area contributed by atoms with Gasteiger partial charge in [-0.25, -0.2) is 0 Å². The molecule has 2 heterocycles. The summed E-state index contributed by atoms with van der Waals surface area (Å²) in [4.78, 5) is 38.7. The van der Waals surface area contributed by atoms with Gasteiger partial charge in [0.25, 0.3) is 11.8 Å². The number of carbonyl (C=O) groups excluding carboxylic acids is 3. The van der Waals surface area contributed by atoms with Gasteiger partial charge in [-0.15, -0.1) is 0 Å². The topological polar surface area (TPSA) is 97.0 Å². The lowest BCUT2D eigenvalue weighted by Gasteiger charge is -2.15. The molecule has 0 radical (unpaired) electrons. The van der Waals surface area contributed by atoms with Crippen LogP contribution in [0, 0.1) is 0 Å². The number of hydrogen-bond acceptors (Lipinski definition) is 5. The molecular formula is C22H23N3O5. The van der Waals surface area contributed by atoms with Crippen LogP contribution in [0.3, 0.4) is 0 Å². The maximum absolute atomic E-state index is 12.5. The van der Waals surface area contributed by atoms with E-state index >= 15 is 0 Å². The molecule has 0 atom stereocenters. The van der Waals surface area contributed by atoms with Gasteiger partial charge in [0.05, 0.1) is 6.54 Å². The van der Waals surface area contributed by atoms with Gasteiger partial charge in [-0.05, 0) is 48.7 Å². The van der Waals surface area contributed by atoms with Crippen LogP contribution in [-0.2, 0) is 11.3 Å². The first-order chi connectivity index (χ1) is 14.6. The summed E-state index contributed by atoms with van der Waals surface area (Å²) in [5.74, 6) is 0.434. The first-order valence-corrected chi connectivity index (χ1v) is 9.93. The number of rotatable bonds is 6. The minimum Gasteiger partial charge on any atom is -0.454 e. The number of ether oxygens (including phenoxy) is 2. The molecule has 2 aromatic rings. The molecule has 8 heteroatoms. The van der Waals surface area contributed by atoms with E-state index in [0.29, 0.717) is 22.6 Å². The lowest BCUT2D eigenvalue weighted by molar-refractivity contribution is -0.120. The Balaban J connectivity index is 1.26. The van der Waals surface area contributed by atoms with Gasteiger partial charge >= 0.3 is 0 Å². The molecule has 0 saturated carbocycles. The third-order valence-electron chi connectivity index (χ3n) is 5.10. The Labute approximate surface area is 174 Å². The Morgan fingerprint density at radius 1 is 0.900 bits per heavy atom. The van der Waals surface area contributed by atoms with Crippen molar-refractivity contribution >= 4 is 17.7 Å². The zero-order chi connectivity index (χ0) is 20.9. The maximum Gasteiger partial charge on any atom is 0.253 e. The molecule has 30 heavy (non-hydrogen) atoms. The van der Waals surface area contributed by atoms with Gasteiger partial charge in [-0.2, -0.15) is 0 Å². The first kappa shape index (κ1) is 19.8. The number of likely N-dealkylation sites (tertiary alicyclic amines) is 1. The number of hydrogen-bond donors (Lipinski definition) is 2. The van der Waals surface area contributed by atoms with E-state index in [0.717, 1.165) is 31.5 Å². The Morgan fingerprint density at radius 3 is 2.53 bits per heavy atom. The van der Waals surface area contributed by atoms with Crippen LogP contribution in [0.2, 0.25) is 0 Å². The molecule has 4 rings (SSSR count). The molecule has 1 fully saturated rings. The van der Waals surface area contributed by atoms with Crippen LogP contribution in [-0.4, -0.2) is 49.0 Å². The van der Waals surface area contributed by atoms with Crippen molar-refractivity contribution in [1.29, 1.82) is 0 Å². The van der Waals surface area contributed by atoms with Gasteiger partial charge in [0, 0.05) is 30.8 Å². The standard InChI is InChI=1S/C22H23N3O5/c26-20(13-24-21(27)16-6-7-18-19(11-16)30-14-29-18)23-12-15-4-3-5-17(10-15)22(28)25-8-1-2-9-25/h3-7,10-11H,1-2,8-9,12-14H2,(H,23,26)(H,24,27). The van der Waals surface area contributed by atoms with Crippen molar-refractivity contribution in [3.05, 3.63) is 59.2 Å². The minimum atomic E-state index is -0.373. The normalized spacial score (nSPS) is 14.5. The zero-order valence-electron chi connectivity index (χ0n) is 16.5. The maximum atomic E-state index is 12.5. The van der Waals surface area contributed by atoms with E-state index in [1.807, 2.05) is 17.0 Å². The molecule has 0 aromatic heterocycles. The second-order valence-electron chi connectivity index (χ2n) is 7.23. The number of nitrogens with zero attached hydrogens (tertiary/aromatic N) is 1. The van der Waals surface area contributed by atoms with Crippen molar-refractivity contribution in [2.45, 2.75) is 19.4 Å². The largest absolute Gasteiger partial charge is 0.454 e. The predicted octanol–water partition coefficient (Wildman–Crippen LogP) is 1.70. The summed E-state index contributed by atoms with van der Waals surface area (Å²) in [7, 11) is 0. The Hall–Kier alpha value is -3.55. The van der Waals surface area contributed by atoms with Gasteiger partial charge in [0.15, 0.2) is 11.5 Å². The molecule has 2 aliphatic rings. The SMILES string of the molecule is O=C(CNC(=O)c1ccc2c(c1)OCO2)NCc1cccc(C(=O)N2CCCC2)c1. The van der Waals surface area contributed by atoms with E-state index in [4.69, 9.17) is 9.47 Å². The fraction of sp³-hybridized carbons (Fsp3) is 0.318. The molecule has 1 saturated heterocycles. The highest BCUT2D eigenvalue weighted by atomic mass is 16.7. The van der Waals surface area contributed by atoms with Gasteiger partial charge in [0.1, 0.15) is 0 Å². The summed E-state index contributed by atoms with van der Waals surface area (Å²) in [5, 5.41) is 5.34.